The zero-order valence-corrected chi connectivity index (χ0v) is 19.8. The molecule has 35 heavy (non-hydrogen) atoms. The number of H-pyrrole nitrogens is 1. The van der Waals surface area contributed by atoms with Crippen molar-refractivity contribution in [3.05, 3.63) is 94.8 Å². The van der Waals surface area contributed by atoms with Crippen molar-refractivity contribution >= 4 is 28.3 Å². The molecule has 3 N–H and O–H groups in total. The number of aromatic amines is 1. The van der Waals surface area contributed by atoms with E-state index in [4.69, 9.17) is 10.1 Å². The molecule has 0 radical (unpaired) electrons. The summed E-state index contributed by atoms with van der Waals surface area (Å²) in [5.41, 5.74) is 5.03. The molecule has 0 aliphatic carbocycles. The van der Waals surface area contributed by atoms with Gasteiger partial charge in [-0.3, -0.25) is 4.79 Å². The maximum atomic E-state index is 13.8. The number of likely N-dealkylation sites (N-methyl/N-ethyl adjacent to an activating group) is 1. The third kappa shape index (κ3) is 5.94. The Morgan fingerprint density at radius 3 is 2.49 bits per heavy atom. The van der Waals surface area contributed by atoms with Crippen LogP contribution in [-0.2, 0) is 17.6 Å². The van der Waals surface area contributed by atoms with Gasteiger partial charge < -0.3 is 20.1 Å². The Hall–Kier alpha value is -3.97. The van der Waals surface area contributed by atoms with Crippen LogP contribution >= 0.6 is 0 Å². The van der Waals surface area contributed by atoms with E-state index in [1.165, 1.54) is 12.1 Å². The topological polar surface area (TPSA) is 88.9 Å². The van der Waals surface area contributed by atoms with Crippen LogP contribution in [0.15, 0.2) is 71.7 Å². The van der Waals surface area contributed by atoms with Crippen molar-refractivity contribution in [1.82, 2.24) is 9.88 Å². The lowest BCUT2D eigenvalue weighted by Crippen LogP contribution is -2.14. The van der Waals surface area contributed by atoms with Gasteiger partial charge in [-0.1, -0.05) is 36.4 Å². The van der Waals surface area contributed by atoms with E-state index in [-0.39, 0.29) is 12.3 Å². The summed E-state index contributed by atoms with van der Waals surface area (Å²) in [6.07, 6.45) is 1.35. The molecular weight excluding hydrogens is 445 g/mol. The van der Waals surface area contributed by atoms with Crippen LogP contribution in [0.4, 0.5) is 10.1 Å². The van der Waals surface area contributed by atoms with Crippen molar-refractivity contribution in [2.24, 2.45) is 4.99 Å². The largest absolute Gasteiger partial charge is 0.494 e. The Morgan fingerprint density at radius 1 is 1.00 bits per heavy atom. The summed E-state index contributed by atoms with van der Waals surface area (Å²) in [5, 5.41) is 20.4. The average Bonchev–Trinajstić information content (AvgIpc) is 3.15. The average molecular weight is 474 g/mol. The van der Waals surface area contributed by atoms with E-state index < -0.39 is 11.8 Å². The molecule has 3 aromatic carbocycles. The summed E-state index contributed by atoms with van der Waals surface area (Å²) in [6.45, 7) is 0.909. The Bertz CT molecular complexity index is 1370. The van der Waals surface area contributed by atoms with Gasteiger partial charge in [0.1, 0.15) is 5.82 Å². The highest BCUT2D eigenvalue weighted by molar-refractivity contribution is 6.21. The second kappa shape index (κ2) is 10.5. The van der Waals surface area contributed by atoms with Crippen molar-refractivity contribution in [2.45, 2.75) is 19.3 Å². The molecule has 0 bridgehead atoms. The van der Waals surface area contributed by atoms with Gasteiger partial charge in [0.15, 0.2) is 5.88 Å². The monoisotopic (exact) mass is 473 g/mol. The van der Waals surface area contributed by atoms with E-state index >= 15 is 0 Å². The number of carboxylic acids is 1. The number of fused-ring (bicyclic) bond motifs is 1. The predicted octanol–water partition coefficient (Wildman–Crippen LogP) is 5.30. The first kappa shape index (κ1) is 24.2. The third-order valence-electron chi connectivity index (χ3n) is 5.83. The van der Waals surface area contributed by atoms with Crippen molar-refractivity contribution < 1.29 is 19.4 Å². The summed E-state index contributed by atoms with van der Waals surface area (Å²) in [5.74, 6) is -1.34. The van der Waals surface area contributed by atoms with Gasteiger partial charge in [0.2, 0.25) is 0 Å². The molecule has 0 amide bonds. The van der Waals surface area contributed by atoms with E-state index in [9.17, 15) is 14.3 Å². The first-order chi connectivity index (χ1) is 16.8. The molecule has 1 aromatic heterocycles. The summed E-state index contributed by atoms with van der Waals surface area (Å²) in [7, 11) is 4.06. The van der Waals surface area contributed by atoms with E-state index in [1.807, 2.05) is 56.6 Å². The number of rotatable bonds is 9. The van der Waals surface area contributed by atoms with E-state index in [1.54, 1.807) is 6.07 Å². The van der Waals surface area contributed by atoms with Gasteiger partial charge in [-0.15, -0.1) is 0 Å². The quantitative estimate of drug-likeness (QED) is 0.288. The summed E-state index contributed by atoms with van der Waals surface area (Å²) >= 11 is 0. The van der Waals surface area contributed by atoms with Crippen molar-refractivity contribution in [3.8, 4) is 5.88 Å². The zero-order valence-electron chi connectivity index (χ0n) is 19.8. The number of hydrogen-bond acceptors (Lipinski definition) is 4. The van der Waals surface area contributed by atoms with Gasteiger partial charge >= 0.3 is 5.97 Å². The van der Waals surface area contributed by atoms with Crippen molar-refractivity contribution in [1.29, 1.82) is 0 Å². The minimum atomic E-state index is -0.846. The van der Waals surface area contributed by atoms with Crippen LogP contribution in [0.5, 0.6) is 5.88 Å². The molecule has 4 aromatic rings. The number of halogens is 1. The maximum absolute atomic E-state index is 13.8. The summed E-state index contributed by atoms with van der Waals surface area (Å²) < 4.78 is 13.8. The van der Waals surface area contributed by atoms with Gasteiger partial charge in [0, 0.05) is 23.9 Å². The second-order valence-electron chi connectivity index (χ2n) is 8.81. The van der Waals surface area contributed by atoms with Crippen LogP contribution in [0.3, 0.4) is 0 Å². The number of aliphatic imine (C=N–C) groups is 1. The lowest BCUT2D eigenvalue weighted by molar-refractivity contribution is -0.136. The smallest absolute Gasteiger partial charge is 0.303 e. The van der Waals surface area contributed by atoms with Crippen LogP contribution in [0.1, 0.15) is 28.7 Å². The lowest BCUT2D eigenvalue weighted by atomic mass is 9.98. The van der Waals surface area contributed by atoms with Crippen LogP contribution in [0.2, 0.25) is 0 Å². The third-order valence-corrected chi connectivity index (χ3v) is 5.83. The molecule has 0 saturated carbocycles. The van der Waals surface area contributed by atoms with Gasteiger partial charge in [-0.25, -0.2) is 9.38 Å². The molecule has 1 heterocycles. The Balaban J connectivity index is 1.80. The van der Waals surface area contributed by atoms with Crippen LogP contribution < -0.4 is 0 Å². The molecule has 4 rings (SSSR count). The fourth-order valence-electron chi connectivity index (χ4n) is 4.00. The van der Waals surface area contributed by atoms with Crippen molar-refractivity contribution in [3.63, 3.8) is 0 Å². The number of carbonyl (C=O) groups is 1. The first-order valence-electron chi connectivity index (χ1n) is 11.4. The standard InChI is InChI=1S/C28H28FN3O3/c1-32(2)15-14-19-4-3-5-22(16-19)30-27(20-9-6-18(7-10-20)8-13-25(33)34)26-23-12-11-21(29)17-24(23)31-28(26)35/h3-7,9-12,16-17,31,35H,8,13-15H2,1-2H3,(H,33,34). The fourth-order valence-corrected chi connectivity index (χ4v) is 4.00. The predicted molar refractivity (Wildman–Crippen MR) is 136 cm³/mol. The first-order valence-corrected chi connectivity index (χ1v) is 11.4. The number of nitrogens with one attached hydrogen (secondary N) is 1. The number of nitrogens with zero attached hydrogens (tertiary/aromatic N) is 2. The summed E-state index contributed by atoms with van der Waals surface area (Å²) in [4.78, 5) is 20.8. The Kier molecular flexibility index (Phi) is 7.27. The minimum Gasteiger partial charge on any atom is -0.494 e. The number of hydrogen-bond donors (Lipinski definition) is 3. The highest BCUT2D eigenvalue weighted by atomic mass is 19.1. The van der Waals surface area contributed by atoms with Crippen LogP contribution in [-0.4, -0.2) is 52.4 Å². The van der Waals surface area contributed by atoms with Crippen LogP contribution in [0, 0.1) is 5.82 Å². The Morgan fingerprint density at radius 2 is 1.77 bits per heavy atom. The highest BCUT2D eigenvalue weighted by Gasteiger charge is 2.19. The minimum absolute atomic E-state index is 0.0504. The molecule has 0 unspecified atom stereocenters. The van der Waals surface area contributed by atoms with E-state index in [0.29, 0.717) is 28.6 Å². The molecule has 0 aliphatic heterocycles. The molecule has 0 atom stereocenters. The number of aryl methyl sites for hydroxylation is 1. The van der Waals surface area contributed by atoms with E-state index in [2.05, 4.69) is 16.0 Å². The highest BCUT2D eigenvalue weighted by Crippen LogP contribution is 2.32. The van der Waals surface area contributed by atoms with Gasteiger partial charge in [0.05, 0.1) is 22.5 Å². The SMILES string of the molecule is CN(C)CCc1cccc(N=C(c2ccc(CCC(=O)O)cc2)c2c(O)[nH]c3cc(F)ccc23)c1. The number of aromatic hydroxyl groups is 1. The normalized spacial score (nSPS) is 11.9. The molecule has 0 fully saturated rings. The lowest BCUT2D eigenvalue weighted by Gasteiger charge is -2.11. The van der Waals surface area contributed by atoms with Crippen molar-refractivity contribution in [2.75, 3.05) is 20.6 Å². The maximum Gasteiger partial charge on any atom is 0.303 e. The van der Waals surface area contributed by atoms with E-state index in [0.717, 1.165) is 35.3 Å². The second-order valence-corrected chi connectivity index (χ2v) is 8.81. The molecule has 180 valence electrons. The molecule has 6 nitrogen and oxygen atoms in total. The summed E-state index contributed by atoms with van der Waals surface area (Å²) in [6, 6.07) is 19.7. The Labute approximate surface area is 203 Å². The number of carboxylic acid groups (broad SMARTS) is 1. The molecule has 0 aliphatic rings. The van der Waals surface area contributed by atoms with Crippen LogP contribution in [0.25, 0.3) is 10.9 Å². The van der Waals surface area contributed by atoms with Gasteiger partial charge in [0.25, 0.3) is 0 Å². The van der Waals surface area contributed by atoms with Gasteiger partial charge in [-0.05, 0) is 68.4 Å². The fraction of sp³-hybridized carbons (Fsp3) is 0.214. The zero-order chi connectivity index (χ0) is 24.9. The number of aromatic nitrogens is 1. The number of benzene rings is 3. The van der Waals surface area contributed by atoms with Gasteiger partial charge in [-0.2, -0.15) is 0 Å². The number of aliphatic carboxylic acids is 1. The molecule has 0 spiro atoms. The molecular formula is C28H28FN3O3. The molecule has 0 saturated heterocycles. The molecule has 7 heteroatoms.